The Morgan fingerprint density at radius 3 is 2.48 bits per heavy atom. The van der Waals surface area contributed by atoms with Gasteiger partial charge in [-0.05, 0) is 29.1 Å². The van der Waals surface area contributed by atoms with Gasteiger partial charge in [-0.25, -0.2) is 4.79 Å². The van der Waals surface area contributed by atoms with E-state index in [0.29, 0.717) is 22.1 Å². The number of hydrogen-bond acceptors (Lipinski definition) is 6. The monoisotopic (exact) mass is 335 g/mol. The molecule has 0 fully saturated rings. The van der Waals surface area contributed by atoms with Crippen molar-refractivity contribution in [3.63, 3.8) is 0 Å². The molecule has 23 heavy (non-hydrogen) atoms. The third-order valence-corrected chi connectivity index (χ3v) is 4.02. The van der Waals surface area contributed by atoms with Gasteiger partial charge in [-0.15, -0.1) is 11.3 Å². The normalized spacial score (nSPS) is 10.0. The fraction of sp³-hybridized carbons (Fsp3) is 0.250. The van der Waals surface area contributed by atoms with Gasteiger partial charge in [0.05, 0.1) is 33.4 Å². The summed E-state index contributed by atoms with van der Waals surface area (Å²) < 4.78 is 15.1. The van der Waals surface area contributed by atoms with Crippen molar-refractivity contribution in [1.82, 2.24) is 0 Å². The minimum Gasteiger partial charge on any atom is -0.493 e. The van der Waals surface area contributed by atoms with Crippen molar-refractivity contribution >= 4 is 28.9 Å². The van der Waals surface area contributed by atoms with Gasteiger partial charge in [-0.2, -0.15) is 0 Å². The number of amides is 1. The molecule has 0 saturated carbocycles. The molecule has 0 atom stereocenters. The molecule has 0 spiro atoms. The summed E-state index contributed by atoms with van der Waals surface area (Å²) in [6.45, 7) is 0. The molecule has 0 radical (unpaired) electrons. The van der Waals surface area contributed by atoms with Crippen LogP contribution in [0.4, 0.5) is 5.69 Å². The van der Waals surface area contributed by atoms with Crippen LogP contribution in [0.15, 0.2) is 29.6 Å². The third-order valence-electron chi connectivity index (χ3n) is 3.12. The Bertz CT molecular complexity index is 710. The lowest BCUT2D eigenvalue weighted by molar-refractivity contribution is -0.115. The van der Waals surface area contributed by atoms with Crippen LogP contribution in [0.5, 0.6) is 11.5 Å². The first-order valence-corrected chi connectivity index (χ1v) is 7.63. The first kappa shape index (κ1) is 16.8. The minimum atomic E-state index is -0.471. The fourth-order valence-corrected chi connectivity index (χ4v) is 2.79. The van der Waals surface area contributed by atoms with Crippen molar-refractivity contribution in [2.24, 2.45) is 0 Å². The molecule has 122 valence electrons. The maximum absolute atomic E-state index is 12.2. The maximum atomic E-state index is 12.2. The van der Waals surface area contributed by atoms with Crippen LogP contribution in [-0.2, 0) is 16.0 Å². The molecule has 1 aromatic carbocycles. The van der Waals surface area contributed by atoms with Gasteiger partial charge in [-0.3, -0.25) is 4.79 Å². The molecule has 7 heteroatoms. The number of hydrogen-bond donors (Lipinski definition) is 1. The smallest absolute Gasteiger partial charge is 0.350 e. The number of thiophene rings is 1. The number of carbonyl (C=O) groups excluding carboxylic acids is 2. The summed E-state index contributed by atoms with van der Waals surface area (Å²) in [6.07, 6.45) is 0.150. The molecule has 2 rings (SSSR count). The summed E-state index contributed by atoms with van der Waals surface area (Å²) in [5, 5.41) is 4.44. The molecule has 0 aliphatic rings. The van der Waals surface area contributed by atoms with E-state index in [-0.39, 0.29) is 12.3 Å². The molecule has 1 aromatic heterocycles. The highest BCUT2D eigenvalue weighted by atomic mass is 32.1. The highest BCUT2D eigenvalue weighted by molar-refractivity contribution is 7.12. The van der Waals surface area contributed by atoms with Crippen molar-refractivity contribution in [3.05, 3.63) is 40.1 Å². The van der Waals surface area contributed by atoms with Gasteiger partial charge in [0.1, 0.15) is 4.88 Å². The molecule has 0 aliphatic heterocycles. The van der Waals surface area contributed by atoms with Crippen LogP contribution in [0.25, 0.3) is 0 Å². The van der Waals surface area contributed by atoms with Crippen LogP contribution in [0, 0.1) is 0 Å². The zero-order valence-electron chi connectivity index (χ0n) is 13.0. The summed E-state index contributed by atoms with van der Waals surface area (Å²) in [6, 6.07) is 6.94. The number of ether oxygens (including phenoxy) is 3. The SMILES string of the molecule is COC(=O)c1sccc1NC(=O)Cc1ccc(OC)c(OC)c1. The minimum absolute atomic E-state index is 0.150. The second kappa shape index (κ2) is 7.64. The number of carbonyl (C=O) groups is 2. The Kier molecular flexibility index (Phi) is 5.59. The van der Waals surface area contributed by atoms with Crippen molar-refractivity contribution in [3.8, 4) is 11.5 Å². The second-order valence-electron chi connectivity index (χ2n) is 4.57. The Balaban J connectivity index is 2.08. The van der Waals surface area contributed by atoms with Crippen LogP contribution in [0.1, 0.15) is 15.2 Å². The molecular formula is C16H17NO5S. The van der Waals surface area contributed by atoms with Gasteiger partial charge < -0.3 is 19.5 Å². The highest BCUT2D eigenvalue weighted by Gasteiger charge is 2.16. The Hall–Kier alpha value is -2.54. The van der Waals surface area contributed by atoms with Crippen molar-refractivity contribution < 1.29 is 23.8 Å². The Labute approximate surface area is 138 Å². The van der Waals surface area contributed by atoms with E-state index in [2.05, 4.69) is 10.1 Å². The van der Waals surface area contributed by atoms with Gasteiger partial charge in [0.25, 0.3) is 0 Å². The predicted octanol–water partition coefficient (Wildman–Crippen LogP) is 2.73. The summed E-state index contributed by atoms with van der Waals surface area (Å²) >= 11 is 1.22. The van der Waals surface area contributed by atoms with Gasteiger partial charge in [0.15, 0.2) is 11.5 Å². The lowest BCUT2D eigenvalue weighted by Gasteiger charge is -2.10. The summed E-state index contributed by atoms with van der Waals surface area (Å²) in [4.78, 5) is 24.1. The lowest BCUT2D eigenvalue weighted by Crippen LogP contribution is -2.16. The van der Waals surface area contributed by atoms with E-state index in [1.165, 1.54) is 25.6 Å². The number of nitrogens with one attached hydrogen (secondary N) is 1. The first-order valence-electron chi connectivity index (χ1n) is 6.75. The number of benzene rings is 1. The van der Waals surface area contributed by atoms with Gasteiger partial charge in [-0.1, -0.05) is 6.07 Å². The zero-order chi connectivity index (χ0) is 16.8. The molecule has 0 bridgehead atoms. The summed E-state index contributed by atoms with van der Waals surface area (Å²) in [7, 11) is 4.39. The molecule has 1 amide bonds. The van der Waals surface area contributed by atoms with Crippen LogP contribution >= 0.6 is 11.3 Å². The van der Waals surface area contributed by atoms with E-state index < -0.39 is 5.97 Å². The summed E-state index contributed by atoms with van der Waals surface area (Å²) in [5.74, 6) is 0.452. The topological polar surface area (TPSA) is 73.9 Å². The van der Waals surface area contributed by atoms with E-state index in [9.17, 15) is 9.59 Å². The fourth-order valence-electron chi connectivity index (χ4n) is 2.03. The average molecular weight is 335 g/mol. The standard InChI is InChI=1S/C16H17NO5S/c1-20-12-5-4-10(8-13(12)21-2)9-14(18)17-11-6-7-23-15(11)16(19)22-3/h4-8H,9H2,1-3H3,(H,17,18). The van der Waals surface area contributed by atoms with E-state index in [0.717, 1.165) is 5.56 Å². The molecule has 1 N–H and O–H groups in total. The third kappa shape index (κ3) is 4.01. The van der Waals surface area contributed by atoms with Gasteiger partial charge in [0, 0.05) is 0 Å². The van der Waals surface area contributed by atoms with Gasteiger partial charge >= 0.3 is 5.97 Å². The second-order valence-corrected chi connectivity index (χ2v) is 5.49. The molecule has 0 aliphatic carbocycles. The average Bonchev–Trinajstić information content (AvgIpc) is 3.01. The molecule has 0 unspecified atom stereocenters. The first-order chi connectivity index (χ1) is 11.1. The molecular weight excluding hydrogens is 318 g/mol. The van der Waals surface area contributed by atoms with Crippen LogP contribution in [0.2, 0.25) is 0 Å². The molecule has 2 aromatic rings. The predicted molar refractivity (Wildman–Crippen MR) is 87.5 cm³/mol. The molecule has 6 nitrogen and oxygen atoms in total. The maximum Gasteiger partial charge on any atom is 0.350 e. The molecule has 1 heterocycles. The van der Waals surface area contributed by atoms with E-state index in [1.54, 1.807) is 36.8 Å². The van der Waals surface area contributed by atoms with E-state index >= 15 is 0 Å². The van der Waals surface area contributed by atoms with Gasteiger partial charge in [0.2, 0.25) is 5.91 Å². The van der Waals surface area contributed by atoms with E-state index in [4.69, 9.17) is 9.47 Å². The number of anilines is 1. The Morgan fingerprint density at radius 1 is 1.09 bits per heavy atom. The number of esters is 1. The lowest BCUT2D eigenvalue weighted by atomic mass is 10.1. The number of methoxy groups -OCH3 is 3. The Morgan fingerprint density at radius 2 is 1.83 bits per heavy atom. The van der Waals surface area contributed by atoms with Crippen molar-refractivity contribution in [2.45, 2.75) is 6.42 Å². The quantitative estimate of drug-likeness (QED) is 0.822. The summed E-state index contributed by atoms with van der Waals surface area (Å²) in [5.41, 5.74) is 1.22. The van der Waals surface area contributed by atoms with Crippen LogP contribution in [0.3, 0.4) is 0 Å². The largest absolute Gasteiger partial charge is 0.493 e. The number of rotatable bonds is 6. The zero-order valence-corrected chi connectivity index (χ0v) is 13.9. The highest BCUT2D eigenvalue weighted by Crippen LogP contribution is 2.28. The molecule has 0 saturated heterocycles. The van der Waals surface area contributed by atoms with Crippen molar-refractivity contribution in [2.75, 3.05) is 26.6 Å². The van der Waals surface area contributed by atoms with Crippen LogP contribution < -0.4 is 14.8 Å². The van der Waals surface area contributed by atoms with Crippen LogP contribution in [-0.4, -0.2) is 33.2 Å². The van der Waals surface area contributed by atoms with E-state index in [1.807, 2.05) is 0 Å². The van der Waals surface area contributed by atoms with Crippen molar-refractivity contribution in [1.29, 1.82) is 0 Å².